The smallest absolute Gasteiger partial charge is 0.305 e. The number of rotatable bonds is 58. The van der Waals surface area contributed by atoms with Gasteiger partial charge in [-0.05, 0) is 77.0 Å². The number of nitrogens with one attached hydrogen (secondary N) is 1. The van der Waals surface area contributed by atoms with E-state index in [9.17, 15) is 19.8 Å². The molecule has 0 saturated heterocycles. The Hall–Kier alpha value is -1.92. The van der Waals surface area contributed by atoms with Gasteiger partial charge < -0.3 is 20.3 Å². The second-order valence-corrected chi connectivity index (χ2v) is 21.4. The average molecular weight is 985 g/mol. The summed E-state index contributed by atoms with van der Waals surface area (Å²) in [5.74, 6) is -0.0383. The van der Waals surface area contributed by atoms with Crippen LogP contribution in [0, 0.1) is 0 Å². The van der Waals surface area contributed by atoms with Crippen LogP contribution in [0.3, 0.4) is 0 Å². The summed E-state index contributed by atoms with van der Waals surface area (Å²) in [6, 6.07) is -0.543. The Labute approximate surface area is 436 Å². The predicted octanol–water partition coefficient (Wildman–Crippen LogP) is 19.6. The van der Waals surface area contributed by atoms with Crippen molar-refractivity contribution in [1.82, 2.24) is 5.32 Å². The van der Waals surface area contributed by atoms with Crippen molar-refractivity contribution in [2.45, 2.75) is 347 Å². The SMILES string of the molecule is CCCC/C=C\C/C=C\CCCCCCCC(=O)OCCCCCCCCCCCCCC/C=C\CCCCCCCCCCCC(=O)NC(CO)C(O)CCCCCCCCCCCCCCCC. The normalized spacial score (nSPS) is 12.8. The van der Waals surface area contributed by atoms with Gasteiger partial charge in [0.05, 0.1) is 25.4 Å². The minimum atomic E-state index is -0.666. The lowest BCUT2D eigenvalue weighted by Gasteiger charge is -2.22. The highest BCUT2D eigenvalue weighted by atomic mass is 16.5. The van der Waals surface area contributed by atoms with Crippen molar-refractivity contribution in [1.29, 1.82) is 0 Å². The molecule has 0 saturated carbocycles. The monoisotopic (exact) mass is 984 g/mol. The van der Waals surface area contributed by atoms with Crippen LogP contribution < -0.4 is 5.32 Å². The van der Waals surface area contributed by atoms with Crippen LogP contribution in [0.2, 0.25) is 0 Å². The third-order valence-electron chi connectivity index (χ3n) is 14.4. The summed E-state index contributed by atoms with van der Waals surface area (Å²) in [7, 11) is 0. The zero-order chi connectivity index (χ0) is 50.7. The highest BCUT2D eigenvalue weighted by Gasteiger charge is 2.20. The van der Waals surface area contributed by atoms with Crippen LogP contribution in [-0.4, -0.2) is 47.4 Å². The predicted molar refractivity (Wildman–Crippen MR) is 306 cm³/mol. The molecule has 0 aliphatic heterocycles. The van der Waals surface area contributed by atoms with Gasteiger partial charge in [0.15, 0.2) is 0 Å². The van der Waals surface area contributed by atoms with Gasteiger partial charge in [-0.25, -0.2) is 0 Å². The summed E-state index contributed by atoms with van der Waals surface area (Å²) in [5, 5.41) is 23.3. The van der Waals surface area contributed by atoms with E-state index < -0.39 is 12.1 Å². The topological polar surface area (TPSA) is 95.9 Å². The first-order chi connectivity index (χ1) is 34.5. The van der Waals surface area contributed by atoms with E-state index in [2.05, 4.69) is 55.6 Å². The standard InChI is InChI=1S/C64H121NO5/c1-3-5-7-9-11-13-15-17-32-36-40-44-48-52-56-62(67)61(60-66)65-63(68)57-53-49-45-41-37-33-30-28-26-24-22-20-19-21-23-25-27-29-31-35-39-43-47-51-55-59-70-64(69)58-54-50-46-42-38-34-18-16-14-12-10-8-6-4-2/h10,12,16,18,20,22,61-62,66-67H,3-9,11,13-15,17,19,21,23-60H2,1-2H3,(H,65,68)/b12-10-,18-16-,22-20-. The number of carbonyl (C=O) groups excluding carboxylic acids is 2. The number of ether oxygens (including phenoxy) is 1. The molecule has 6 nitrogen and oxygen atoms in total. The van der Waals surface area contributed by atoms with Crippen LogP contribution in [0.15, 0.2) is 36.5 Å². The summed E-state index contributed by atoms with van der Waals surface area (Å²) < 4.78 is 5.47. The molecule has 0 aromatic carbocycles. The maximum atomic E-state index is 12.5. The van der Waals surface area contributed by atoms with Gasteiger partial charge in [0.2, 0.25) is 5.91 Å². The summed E-state index contributed by atoms with van der Waals surface area (Å²) in [6.45, 7) is 4.92. The molecule has 0 radical (unpaired) electrons. The molecule has 0 rings (SSSR count). The van der Waals surface area contributed by atoms with Crippen LogP contribution >= 0.6 is 0 Å². The van der Waals surface area contributed by atoms with Crippen LogP contribution in [0.25, 0.3) is 0 Å². The molecule has 2 atom stereocenters. The summed E-state index contributed by atoms with van der Waals surface area (Å²) in [5.41, 5.74) is 0. The Balaban J connectivity index is 3.40. The van der Waals surface area contributed by atoms with Crippen LogP contribution in [0.4, 0.5) is 0 Å². The van der Waals surface area contributed by atoms with Gasteiger partial charge in [0.1, 0.15) is 0 Å². The molecule has 412 valence electrons. The number of amides is 1. The summed E-state index contributed by atoms with van der Waals surface area (Å²) >= 11 is 0. The molecular weight excluding hydrogens is 863 g/mol. The number of allylic oxidation sites excluding steroid dienone is 6. The first-order valence-electron chi connectivity index (χ1n) is 31.2. The van der Waals surface area contributed by atoms with E-state index in [0.717, 1.165) is 51.4 Å². The third-order valence-corrected chi connectivity index (χ3v) is 14.4. The molecule has 2 unspecified atom stereocenters. The van der Waals surface area contributed by atoms with Crippen molar-refractivity contribution in [2.24, 2.45) is 0 Å². The quantitative estimate of drug-likeness (QED) is 0.0321. The molecule has 1 amide bonds. The molecule has 6 heteroatoms. The third kappa shape index (κ3) is 55.4. The van der Waals surface area contributed by atoms with Gasteiger partial charge in [-0.15, -0.1) is 0 Å². The van der Waals surface area contributed by atoms with Crippen LogP contribution in [-0.2, 0) is 14.3 Å². The Kier molecular flexibility index (Phi) is 58.0. The molecule has 0 aromatic rings. The second-order valence-electron chi connectivity index (χ2n) is 21.4. The number of hydrogen-bond donors (Lipinski definition) is 3. The number of aliphatic hydroxyl groups is 2. The van der Waals surface area contributed by atoms with Crippen LogP contribution in [0.5, 0.6) is 0 Å². The van der Waals surface area contributed by atoms with Crippen molar-refractivity contribution < 1.29 is 24.5 Å². The van der Waals surface area contributed by atoms with Crippen molar-refractivity contribution in [3.63, 3.8) is 0 Å². The molecule has 0 aliphatic rings. The molecule has 0 aromatic heterocycles. The van der Waals surface area contributed by atoms with Crippen molar-refractivity contribution in [3.8, 4) is 0 Å². The number of unbranched alkanes of at least 4 members (excludes halogenated alkanes) is 41. The fourth-order valence-electron chi connectivity index (χ4n) is 9.59. The van der Waals surface area contributed by atoms with E-state index in [1.54, 1.807) is 0 Å². The molecule has 0 bridgehead atoms. The average Bonchev–Trinajstić information content (AvgIpc) is 3.36. The van der Waals surface area contributed by atoms with Gasteiger partial charge >= 0.3 is 5.97 Å². The highest BCUT2D eigenvalue weighted by Crippen LogP contribution is 2.17. The van der Waals surface area contributed by atoms with Crippen molar-refractivity contribution in [3.05, 3.63) is 36.5 Å². The molecule has 0 aliphatic carbocycles. The van der Waals surface area contributed by atoms with Gasteiger partial charge in [-0.2, -0.15) is 0 Å². The molecule has 3 N–H and O–H groups in total. The molecular formula is C64H121NO5. The largest absolute Gasteiger partial charge is 0.466 e. The lowest BCUT2D eigenvalue weighted by molar-refractivity contribution is -0.143. The van der Waals surface area contributed by atoms with E-state index in [0.29, 0.717) is 25.9 Å². The van der Waals surface area contributed by atoms with Gasteiger partial charge in [0.25, 0.3) is 0 Å². The van der Waals surface area contributed by atoms with Gasteiger partial charge in [-0.1, -0.05) is 281 Å². The fraction of sp³-hybridized carbons (Fsp3) is 0.875. The second kappa shape index (κ2) is 59.6. The van der Waals surface area contributed by atoms with E-state index in [1.807, 2.05) is 0 Å². The van der Waals surface area contributed by atoms with Gasteiger partial charge in [0, 0.05) is 12.8 Å². The lowest BCUT2D eigenvalue weighted by atomic mass is 10.0. The van der Waals surface area contributed by atoms with E-state index in [1.165, 1.54) is 250 Å². The Bertz CT molecular complexity index is 1130. The zero-order valence-electron chi connectivity index (χ0n) is 47.0. The Morgan fingerprint density at radius 1 is 0.400 bits per heavy atom. The molecule has 0 heterocycles. The lowest BCUT2D eigenvalue weighted by Crippen LogP contribution is -2.45. The minimum absolute atomic E-state index is 0.00120. The van der Waals surface area contributed by atoms with E-state index in [-0.39, 0.29) is 18.5 Å². The van der Waals surface area contributed by atoms with E-state index >= 15 is 0 Å². The van der Waals surface area contributed by atoms with Gasteiger partial charge in [-0.3, -0.25) is 9.59 Å². The molecule has 70 heavy (non-hydrogen) atoms. The van der Waals surface area contributed by atoms with E-state index in [4.69, 9.17) is 4.74 Å². The molecule has 0 fully saturated rings. The number of hydrogen-bond acceptors (Lipinski definition) is 5. The van der Waals surface area contributed by atoms with Crippen molar-refractivity contribution in [2.75, 3.05) is 13.2 Å². The highest BCUT2D eigenvalue weighted by molar-refractivity contribution is 5.76. The molecule has 0 spiro atoms. The number of esters is 1. The fourth-order valence-corrected chi connectivity index (χ4v) is 9.59. The maximum Gasteiger partial charge on any atom is 0.305 e. The number of carbonyl (C=O) groups is 2. The Morgan fingerprint density at radius 3 is 1.14 bits per heavy atom. The number of aliphatic hydroxyl groups excluding tert-OH is 2. The first-order valence-corrected chi connectivity index (χ1v) is 31.2. The zero-order valence-corrected chi connectivity index (χ0v) is 47.0. The maximum absolute atomic E-state index is 12.5. The van der Waals surface area contributed by atoms with Crippen LogP contribution in [0.1, 0.15) is 335 Å². The Morgan fingerprint density at radius 2 is 0.729 bits per heavy atom. The first kappa shape index (κ1) is 68.1. The summed E-state index contributed by atoms with van der Waals surface area (Å²) in [4.78, 5) is 24.5. The van der Waals surface area contributed by atoms with Crippen molar-refractivity contribution >= 4 is 11.9 Å². The summed E-state index contributed by atoms with van der Waals surface area (Å²) in [6.07, 6.45) is 74.4. The minimum Gasteiger partial charge on any atom is -0.466 e.